The van der Waals surface area contributed by atoms with E-state index in [1.807, 2.05) is 5.32 Å². The van der Waals surface area contributed by atoms with Crippen molar-refractivity contribution in [2.24, 2.45) is 5.73 Å². The number of hydrogen-bond donors (Lipinski definition) is 8. The molecule has 0 spiro atoms. The van der Waals surface area contributed by atoms with Gasteiger partial charge in [0.2, 0.25) is 17.7 Å². The summed E-state index contributed by atoms with van der Waals surface area (Å²) in [6.45, 7) is 2.89. The van der Waals surface area contributed by atoms with Crippen molar-refractivity contribution in [2.75, 3.05) is 6.61 Å². The lowest BCUT2D eigenvalue weighted by atomic mass is 10.1. The summed E-state index contributed by atoms with van der Waals surface area (Å²) in [5, 5.41) is 43.0. The molecule has 0 saturated carbocycles. The number of aliphatic hydroxyl groups is 3. The van der Waals surface area contributed by atoms with E-state index in [1.54, 1.807) is 0 Å². The molecule has 0 aromatic carbocycles. The molecular formula is C14H26N4O8. The molecule has 0 aliphatic rings. The highest BCUT2D eigenvalue weighted by Gasteiger charge is 2.31. The van der Waals surface area contributed by atoms with Crippen LogP contribution >= 0.6 is 0 Å². The number of aliphatic carboxylic acids is 1. The number of amides is 3. The minimum atomic E-state index is -1.54. The molecule has 0 saturated heterocycles. The Labute approximate surface area is 149 Å². The fourth-order valence-corrected chi connectivity index (χ4v) is 1.72. The number of carbonyl (C=O) groups excluding carboxylic acids is 3. The molecule has 6 atom stereocenters. The molecule has 0 aliphatic carbocycles. The van der Waals surface area contributed by atoms with Crippen LogP contribution in [-0.2, 0) is 19.2 Å². The van der Waals surface area contributed by atoms with Gasteiger partial charge in [-0.05, 0) is 20.8 Å². The van der Waals surface area contributed by atoms with E-state index in [1.165, 1.54) is 20.8 Å². The lowest BCUT2D eigenvalue weighted by molar-refractivity contribution is -0.143. The Kier molecular flexibility index (Phi) is 9.72. The van der Waals surface area contributed by atoms with Gasteiger partial charge in [0.05, 0.1) is 18.8 Å². The van der Waals surface area contributed by atoms with Crippen LogP contribution in [0.25, 0.3) is 0 Å². The average Bonchev–Trinajstić information content (AvgIpc) is 2.54. The number of carbonyl (C=O) groups is 4. The summed E-state index contributed by atoms with van der Waals surface area (Å²) in [5.41, 5.74) is 5.44. The van der Waals surface area contributed by atoms with Crippen LogP contribution in [0.3, 0.4) is 0 Å². The Bertz CT molecular complexity index is 525. The van der Waals surface area contributed by atoms with Crippen LogP contribution in [0.4, 0.5) is 0 Å². The van der Waals surface area contributed by atoms with Crippen LogP contribution in [0.15, 0.2) is 0 Å². The molecule has 6 unspecified atom stereocenters. The molecule has 0 aromatic heterocycles. The fraction of sp³-hybridized carbons (Fsp3) is 0.714. The van der Waals surface area contributed by atoms with Crippen LogP contribution in [-0.4, -0.2) is 87.1 Å². The first kappa shape index (κ1) is 23.7. The Hall–Kier alpha value is -2.28. The van der Waals surface area contributed by atoms with Gasteiger partial charge in [-0.2, -0.15) is 0 Å². The van der Waals surface area contributed by atoms with Gasteiger partial charge < -0.3 is 42.1 Å². The standard InChI is InChI=1S/C14H26N4O8/c1-5(11(22)17-8(4-19)14(25)26)16-13(24)10(7(3)21)18-12(23)9(15)6(2)20/h5-10,19-21H,4,15H2,1-3H3,(H,16,24)(H,17,22)(H,18,23)(H,25,26). The van der Waals surface area contributed by atoms with E-state index in [0.717, 1.165) is 0 Å². The first-order valence-corrected chi connectivity index (χ1v) is 7.78. The summed E-state index contributed by atoms with van der Waals surface area (Å²) >= 11 is 0. The van der Waals surface area contributed by atoms with Crippen molar-refractivity contribution >= 4 is 23.7 Å². The normalized spacial score (nSPS) is 17.8. The summed E-state index contributed by atoms with van der Waals surface area (Å²) in [6.07, 6.45) is -2.54. The number of aliphatic hydroxyl groups excluding tert-OH is 3. The highest BCUT2D eigenvalue weighted by Crippen LogP contribution is 1.98. The van der Waals surface area contributed by atoms with Crippen molar-refractivity contribution in [3.8, 4) is 0 Å². The van der Waals surface area contributed by atoms with Crippen molar-refractivity contribution < 1.29 is 39.6 Å². The number of carboxylic acids is 1. The summed E-state index contributed by atoms with van der Waals surface area (Å²) in [4.78, 5) is 46.6. The van der Waals surface area contributed by atoms with Crippen LogP contribution in [0, 0.1) is 0 Å². The SMILES string of the molecule is CC(NC(=O)C(NC(=O)C(N)C(C)O)C(C)O)C(=O)NC(CO)C(=O)O. The summed E-state index contributed by atoms with van der Waals surface area (Å²) in [7, 11) is 0. The van der Waals surface area contributed by atoms with Crippen LogP contribution in [0.2, 0.25) is 0 Å². The third-order valence-corrected chi connectivity index (χ3v) is 3.43. The van der Waals surface area contributed by atoms with Crippen molar-refractivity contribution in [3.63, 3.8) is 0 Å². The maximum atomic E-state index is 12.2. The lowest BCUT2D eigenvalue weighted by Crippen LogP contribution is -2.60. The summed E-state index contributed by atoms with van der Waals surface area (Å²) < 4.78 is 0. The fourth-order valence-electron chi connectivity index (χ4n) is 1.72. The Morgan fingerprint density at radius 1 is 0.885 bits per heavy atom. The van der Waals surface area contributed by atoms with Crippen LogP contribution < -0.4 is 21.7 Å². The number of nitrogens with one attached hydrogen (secondary N) is 3. The second kappa shape index (κ2) is 10.7. The second-order valence-electron chi connectivity index (χ2n) is 5.81. The molecule has 0 aromatic rings. The van der Waals surface area contributed by atoms with Crippen molar-refractivity contribution in [1.29, 1.82) is 0 Å². The first-order chi connectivity index (χ1) is 11.9. The topological polar surface area (TPSA) is 211 Å². The molecule has 12 nitrogen and oxygen atoms in total. The quantitative estimate of drug-likeness (QED) is 0.184. The van der Waals surface area contributed by atoms with Gasteiger partial charge in [0.1, 0.15) is 24.2 Å². The van der Waals surface area contributed by atoms with Gasteiger partial charge in [0.25, 0.3) is 0 Å². The van der Waals surface area contributed by atoms with Crippen molar-refractivity contribution in [2.45, 2.75) is 57.1 Å². The predicted molar refractivity (Wildman–Crippen MR) is 87.5 cm³/mol. The number of carboxylic acid groups (broad SMARTS) is 1. The lowest BCUT2D eigenvalue weighted by Gasteiger charge is -2.25. The predicted octanol–water partition coefficient (Wildman–Crippen LogP) is -4.37. The van der Waals surface area contributed by atoms with Crippen molar-refractivity contribution in [3.05, 3.63) is 0 Å². The molecule has 0 radical (unpaired) electrons. The monoisotopic (exact) mass is 378 g/mol. The molecule has 3 amide bonds. The Balaban J connectivity index is 4.92. The van der Waals surface area contributed by atoms with E-state index in [2.05, 4.69) is 10.6 Å². The van der Waals surface area contributed by atoms with Gasteiger partial charge in [-0.1, -0.05) is 0 Å². The van der Waals surface area contributed by atoms with E-state index in [4.69, 9.17) is 15.9 Å². The average molecular weight is 378 g/mol. The van der Waals surface area contributed by atoms with E-state index >= 15 is 0 Å². The van der Waals surface area contributed by atoms with Crippen molar-refractivity contribution in [1.82, 2.24) is 16.0 Å². The molecular weight excluding hydrogens is 352 g/mol. The molecule has 0 rings (SSSR count). The van der Waals surface area contributed by atoms with Gasteiger partial charge in [0.15, 0.2) is 0 Å². The number of rotatable bonds is 10. The van der Waals surface area contributed by atoms with Gasteiger partial charge in [-0.25, -0.2) is 4.79 Å². The van der Waals surface area contributed by atoms with Crippen LogP contribution in [0.5, 0.6) is 0 Å². The molecule has 150 valence electrons. The van der Waals surface area contributed by atoms with Gasteiger partial charge in [-0.15, -0.1) is 0 Å². The maximum absolute atomic E-state index is 12.2. The molecule has 9 N–H and O–H groups in total. The van der Waals surface area contributed by atoms with E-state index in [9.17, 15) is 29.4 Å². The Morgan fingerprint density at radius 2 is 1.42 bits per heavy atom. The molecule has 0 heterocycles. The smallest absolute Gasteiger partial charge is 0.328 e. The maximum Gasteiger partial charge on any atom is 0.328 e. The molecule has 0 bridgehead atoms. The molecule has 12 heteroatoms. The van der Waals surface area contributed by atoms with Gasteiger partial charge in [0, 0.05) is 0 Å². The van der Waals surface area contributed by atoms with E-state index in [0.29, 0.717) is 0 Å². The highest BCUT2D eigenvalue weighted by atomic mass is 16.4. The van der Waals surface area contributed by atoms with Crippen LogP contribution in [0.1, 0.15) is 20.8 Å². The van der Waals surface area contributed by atoms with Gasteiger partial charge >= 0.3 is 5.97 Å². The summed E-state index contributed by atoms with van der Waals surface area (Å²) in [5.74, 6) is -4.16. The minimum absolute atomic E-state index is 0.842. The molecule has 0 fully saturated rings. The highest BCUT2D eigenvalue weighted by molar-refractivity contribution is 5.94. The zero-order valence-corrected chi connectivity index (χ0v) is 14.7. The minimum Gasteiger partial charge on any atom is -0.480 e. The molecule has 26 heavy (non-hydrogen) atoms. The first-order valence-electron chi connectivity index (χ1n) is 7.78. The zero-order valence-electron chi connectivity index (χ0n) is 14.7. The van der Waals surface area contributed by atoms with E-state index in [-0.39, 0.29) is 0 Å². The summed E-state index contributed by atoms with van der Waals surface area (Å²) in [6, 6.07) is -5.56. The van der Waals surface area contributed by atoms with E-state index < -0.39 is 66.7 Å². The Morgan fingerprint density at radius 3 is 1.81 bits per heavy atom. The zero-order chi connectivity index (χ0) is 20.6. The third-order valence-electron chi connectivity index (χ3n) is 3.43. The second-order valence-corrected chi connectivity index (χ2v) is 5.81. The van der Waals surface area contributed by atoms with Gasteiger partial charge in [-0.3, -0.25) is 14.4 Å². The number of nitrogens with two attached hydrogens (primary N) is 1. The number of hydrogen-bond acceptors (Lipinski definition) is 8. The third kappa shape index (κ3) is 7.31. The largest absolute Gasteiger partial charge is 0.480 e. The molecule has 0 aliphatic heterocycles.